The quantitative estimate of drug-likeness (QED) is 0.782. The van der Waals surface area contributed by atoms with E-state index in [1.807, 2.05) is 31.5 Å². The van der Waals surface area contributed by atoms with E-state index in [9.17, 15) is 4.79 Å². The maximum Gasteiger partial charge on any atom is 0.166 e. The van der Waals surface area contributed by atoms with E-state index in [1.165, 1.54) is 0 Å². The second kappa shape index (κ2) is 5.98. The van der Waals surface area contributed by atoms with Crippen molar-refractivity contribution in [3.8, 4) is 0 Å². The van der Waals surface area contributed by atoms with Crippen molar-refractivity contribution < 1.29 is 4.79 Å². The minimum absolute atomic E-state index is 0.119. The Labute approximate surface area is 128 Å². The second-order valence-electron chi connectivity index (χ2n) is 4.72. The highest BCUT2D eigenvalue weighted by Crippen LogP contribution is 2.23. The fourth-order valence-electron chi connectivity index (χ4n) is 2.24. The number of hydrogen-bond donors (Lipinski definition) is 0. The molecule has 0 spiro atoms. The average molecular weight is 311 g/mol. The second-order valence-corrected chi connectivity index (χ2v) is 5.56. The number of aromatic nitrogens is 2. The Balaban J connectivity index is 2.37. The van der Waals surface area contributed by atoms with Crippen LogP contribution in [0.5, 0.6) is 0 Å². The van der Waals surface area contributed by atoms with Gasteiger partial charge in [0.05, 0.1) is 17.8 Å². The molecule has 2 aromatic rings. The predicted octanol–water partition coefficient (Wildman–Crippen LogP) is 4.45. The van der Waals surface area contributed by atoms with Crippen LogP contribution in [0, 0.1) is 13.8 Å². The first-order chi connectivity index (χ1) is 9.43. The van der Waals surface area contributed by atoms with E-state index in [0.717, 1.165) is 22.5 Å². The minimum atomic E-state index is 0.119. The molecule has 0 aliphatic heterocycles. The van der Waals surface area contributed by atoms with Gasteiger partial charge >= 0.3 is 0 Å². The van der Waals surface area contributed by atoms with Gasteiger partial charge in [-0.2, -0.15) is 5.10 Å². The van der Waals surface area contributed by atoms with Crippen molar-refractivity contribution >= 4 is 29.0 Å². The number of rotatable bonds is 4. The number of aryl methyl sites for hydroxylation is 1. The third kappa shape index (κ3) is 2.89. The number of carbonyl (C=O) groups excluding carboxylic acids is 1. The smallest absolute Gasteiger partial charge is 0.166 e. The highest BCUT2D eigenvalue weighted by Gasteiger charge is 2.17. The van der Waals surface area contributed by atoms with Gasteiger partial charge in [-0.3, -0.25) is 9.48 Å². The maximum atomic E-state index is 11.9. The van der Waals surface area contributed by atoms with Crippen molar-refractivity contribution in [2.45, 2.75) is 33.7 Å². The lowest BCUT2D eigenvalue weighted by Gasteiger charge is -2.07. The Bertz CT molecular complexity index is 662. The minimum Gasteiger partial charge on any atom is -0.294 e. The molecule has 5 heteroatoms. The molecule has 0 N–H and O–H groups in total. The third-order valence-corrected chi connectivity index (χ3v) is 3.90. The van der Waals surface area contributed by atoms with E-state index in [0.29, 0.717) is 23.0 Å². The third-order valence-electron chi connectivity index (χ3n) is 3.32. The summed E-state index contributed by atoms with van der Waals surface area (Å²) in [7, 11) is 0. The Morgan fingerprint density at radius 3 is 2.60 bits per heavy atom. The fourth-order valence-corrected chi connectivity index (χ4v) is 2.71. The monoisotopic (exact) mass is 310 g/mol. The lowest BCUT2D eigenvalue weighted by molar-refractivity contribution is 0.0987. The van der Waals surface area contributed by atoms with Crippen LogP contribution >= 0.6 is 23.2 Å². The first-order valence-corrected chi connectivity index (χ1v) is 7.20. The van der Waals surface area contributed by atoms with Crippen LogP contribution in [0.15, 0.2) is 18.2 Å². The van der Waals surface area contributed by atoms with Crippen molar-refractivity contribution in [2.24, 2.45) is 0 Å². The van der Waals surface area contributed by atoms with Crippen LogP contribution in [0.4, 0.5) is 0 Å². The summed E-state index contributed by atoms with van der Waals surface area (Å²) in [6.07, 6.45) is 0.481. The summed E-state index contributed by atoms with van der Waals surface area (Å²) in [4.78, 5) is 11.9. The molecule has 0 saturated heterocycles. The lowest BCUT2D eigenvalue weighted by atomic mass is 10.1. The molecule has 0 unspecified atom stereocenters. The molecule has 2 rings (SSSR count). The van der Waals surface area contributed by atoms with Crippen LogP contribution in [-0.2, 0) is 6.54 Å². The summed E-state index contributed by atoms with van der Waals surface area (Å²) in [5.41, 5.74) is 3.29. The first-order valence-electron chi connectivity index (χ1n) is 6.45. The standard InChI is InChI=1S/C15H16Cl2N2O/c1-4-14(20)15-9(2)18-19(10(15)3)8-11-5-6-12(16)7-13(11)17/h5-7H,4,8H2,1-3H3. The molecular weight excluding hydrogens is 295 g/mol. The molecule has 106 valence electrons. The summed E-state index contributed by atoms with van der Waals surface area (Å²) < 4.78 is 1.81. The van der Waals surface area contributed by atoms with E-state index in [1.54, 1.807) is 12.1 Å². The SMILES string of the molecule is CCC(=O)c1c(C)nn(Cc2ccc(Cl)cc2Cl)c1C. The van der Waals surface area contributed by atoms with E-state index >= 15 is 0 Å². The van der Waals surface area contributed by atoms with Gasteiger partial charge in [0.25, 0.3) is 0 Å². The van der Waals surface area contributed by atoms with Crippen molar-refractivity contribution in [1.82, 2.24) is 9.78 Å². The number of ketones is 1. The number of hydrogen-bond acceptors (Lipinski definition) is 2. The Morgan fingerprint density at radius 2 is 2.00 bits per heavy atom. The summed E-state index contributed by atoms with van der Waals surface area (Å²) in [5, 5.41) is 5.65. The number of nitrogens with zero attached hydrogens (tertiary/aromatic N) is 2. The summed E-state index contributed by atoms with van der Waals surface area (Å²) in [6.45, 7) is 6.15. The van der Waals surface area contributed by atoms with Crippen LogP contribution in [-0.4, -0.2) is 15.6 Å². The van der Waals surface area contributed by atoms with Gasteiger partial charge in [-0.1, -0.05) is 36.2 Å². The highest BCUT2D eigenvalue weighted by atomic mass is 35.5. The summed E-state index contributed by atoms with van der Waals surface area (Å²) >= 11 is 12.1. The number of carbonyl (C=O) groups is 1. The maximum absolute atomic E-state index is 11.9. The Morgan fingerprint density at radius 1 is 1.30 bits per heavy atom. The zero-order valence-corrected chi connectivity index (χ0v) is 13.2. The molecule has 0 fully saturated rings. The van der Waals surface area contributed by atoms with Crippen LogP contribution in [0.3, 0.4) is 0 Å². The fraction of sp³-hybridized carbons (Fsp3) is 0.333. The molecule has 0 radical (unpaired) electrons. The largest absolute Gasteiger partial charge is 0.294 e. The van der Waals surface area contributed by atoms with Crippen LogP contribution < -0.4 is 0 Å². The molecular formula is C15H16Cl2N2O. The van der Waals surface area contributed by atoms with Crippen LogP contribution in [0.1, 0.15) is 40.7 Å². The van der Waals surface area contributed by atoms with Gasteiger partial charge in [0, 0.05) is 22.2 Å². The van der Waals surface area contributed by atoms with Gasteiger partial charge in [-0.25, -0.2) is 0 Å². The Kier molecular flexibility index (Phi) is 4.51. The number of halogens is 2. The molecule has 0 aliphatic rings. The Hall–Kier alpha value is -1.32. The van der Waals surface area contributed by atoms with Crippen molar-refractivity contribution in [3.63, 3.8) is 0 Å². The normalized spacial score (nSPS) is 10.8. The van der Waals surface area contributed by atoms with Gasteiger partial charge < -0.3 is 0 Å². The van der Waals surface area contributed by atoms with E-state index in [-0.39, 0.29) is 5.78 Å². The zero-order chi connectivity index (χ0) is 14.9. The van der Waals surface area contributed by atoms with Crippen molar-refractivity contribution in [2.75, 3.05) is 0 Å². The van der Waals surface area contributed by atoms with Gasteiger partial charge in [0.1, 0.15) is 0 Å². The van der Waals surface area contributed by atoms with E-state index in [4.69, 9.17) is 23.2 Å². The van der Waals surface area contributed by atoms with Crippen LogP contribution in [0.25, 0.3) is 0 Å². The molecule has 1 aromatic heterocycles. The first kappa shape index (κ1) is 15.1. The molecule has 0 atom stereocenters. The highest BCUT2D eigenvalue weighted by molar-refractivity contribution is 6.35. The summed E-state index contributed by atoms with van der Waals surface area (Å²) in [5.74, 6) is 0.119. The molecule has 0 saturated carbocycles. The van der Waals surface area contributed by atoms with Crippen molar-refractivity contribution in [3.05, 3.63) is 50.8 Å². The molecule has 1 aromatic carbocycles. The molecule has 20 heavy (non-hydrogen) atoms. The number of benzene rings is 1. The molecule has 3 nitrogen and oxygen atoms in total. The van der Waals surface area contributed by atoms with Gasteiger partial charge in [0.15, 0.2) is 5.78 Å². The lowest BCUT2D eigenvalue weighted by Crippen LogP contribution is -2.06. The topological polar surface area (TPSA) is 34.9 Å². The molecule has 0 aliphatic carbocycles. The van der Waals surface area contributed by atoms with Crippen LogP contribution in [0.2, 0.25) is 10.0 Å². The zero-order valence-electron chi connectivity index (χ0n) is 11.7. The molecule has 0 bridgehead atoms. The number of Topliss-reactive ketones (excluding diaryl/α,β-unsaturated/α-hetero) is 1. The predicted molar refractivity (Wildman–Crippen MR) is 81.9 cm³/mol. The van der Waals surface area contributed by atoms with Gasteiger partial charge in [0.2, 0.25) is 0 Å². The van der Waals surface area contributed by atoms with Gasteiger partial charge in [-0.15, -0.1) is 0 Å². The van der Waals surface area contributed by atoms with Crippen molar-refractivity contribution in [1.29, 1.82) is 0 Å². The molecule has 1 heterocycles. The average Bonchev–Trinajstić information content (AvgIpc) is 2.67. The van der Waals surface area contributed by atoms with E-state index in [2.05, 4.69) is 5.10 Å². The van der Waals surface area contributed by atoms with Gasteiger partial charge in [-0.05, 0) is 31.5 Å². The summed E-state index contributed by atoms with van der Waals surface area (Å²) in [6, 6.07) is 5.39. The molecule has 0 amide bonds. The van der Waals surface area contributed by atoms with E-state index < -0.39 is 0 Å².